The molecule has 1 aliphatic rings. The quantitative estimate of drug-likeness (QED) is 0.775. The number of nitrogens with zero attached hydrogens (tertiary/aromatic N) is 4. The lowest BCUT2D eigenvalue weighted by Gasteiger charge is -2.16. The van der Waals surface area contributed by atoms with Gasteiger partial charge in [0.25, 0.3) is 5.89 Å². The summed E-state index contributed by atoms with van der Waals surface area (Å²) < 4.78 is 7.11. The van der Waals surface area contributed by atoms with Gasteiger partial charge in [-0.15, -0.1) is 0 Å². The minimum Gasteiger partial charge on any atom is -0.334 e. The van der Waals surface area contributed by atoms with Crippen LogP contribution >= 0.6 is 0 Å². The standard InChI is InChI=1S/C15H15N5O/c1-20-9-13(8-17-20)14-18-15(21-19-14)11-3-2-10-4-5-16-7-12(10)6-11/h2-3,6,8-9,16H,4-5,7H2,1H3. The van der Waals surface area contributed by atoms with E-state index >= 15 is 0 Å². The molecule has 0 unspecified atom stereocenters. The fraction of sp³-hybridized carbons (Fsp3) is 0.267. The fourth-order valence-corrected chi connectivity index (χ4v) is 2.61. The summed E-state index contributed by atoms with van der Waals surface area (Å²) in [4.78, 5) is 4.46. The van der Waals surface area contributed by atoms with E-state index in [1.54, 1.807) is 10.9 Å². The molecule has 0 bridgehead atoms. The highest BCUT2D eigenvalue weighted by atomic mass is 16.5. The number of aromatic nitrogens is 4. The molecule has 1 aromatic carbocycles. The van der Waals surface area contributed by atoms with Crippen molar-refractivity contribution in [2.45, 2.75) is 13.0 Å². The van der Waals surface area contributed by atoms with Gasteiger partial charge < -0.3 is 9.84 Å². The Morgan fingerprint density at radius 1 is 1.24 bits per heavy atom. The van der Waals surface area contributed by atoms with Crippen molar-refractivity contribution in [3.8, 4) is 22.8 Å². The molecule has 106 valence electrons. The largest absolute Gasteiger partial charge is 0.334 e. The monoisotopic (exact) mass is 281 g/mol. The number of benzene rings is 1. The maximum Gasteiger partial charge on any atom is 0.258 e. The number of fused-ring (bicyclic) bond motifs is 1. The Morgan fingerprint density at radius 2 is 2.19 bits per heavy atom. The van der Waals surface area contributed by atoms with Crippen LogP contribution in [-0.2, 0) is 20.0 Å². The van der Waals surface area contributed by atoms with Gasteiger partial charge in [0, 0.05) is 25.4 Å². The van der Waals surface area contributed by atoms with E-state index in [1.807, 2.05) is 19.3 Å². The maximum atomic E-state index is 5.39. The van der Waals surface area contributed by atoms with Gasteiger partial charge in [0.05, 0.1) is 11.8 Å². The molecule has 0 amide bonds. The predicted octanol–water partition coefficient (Wildman–Crippen LogP) is 1.78. The van der Waals surface area contributed by atoms with E-state index in [9.17, 15) is 0 Å². The number of hydrogen-bond acceptors (Lipinski definition) is 5. The van der Waals surface area contributed by atoms with Crippen LogP contribution in [0.3, 0.4) is 0 Å². The summed E-state index contributed by atoms with van der Waals surface area (Å²) in [5.41, 5.74) is 4.51. The molecule has 4 rings (SSSR count). The summed E-state index contributed by atoms with van der Waals surface area (Å²) in [6.45, 7) is 1.94. The Labute approximate surface area is 121 Å². The highest BCUT2D eigenvalue weighted by Gasteiger charge is 2.15. The van der Waals surface area contributed by atoms with Gasteiger partial charge in [-0.1, -0.05) is 11.2 Å². The minimum atomic E-state index is 0.544. The van der Waals surface area contributed by atoms with Gasteiger partial charge in [-0.3, -0.25) is 4.68 Å². The Bertz CT molecular complexity index is 789. The van der Waals surface area contributed by atoms with Crippen LogP contribution < -0.4 is 5.32 Å². The number of aryl methyl sites for hydroxylation is 1. The SMILES string of the molecule is Cn1cc(-c2noc(-c3ccc4c(c3)CNCC4)n2)cn1. The van der Waals surface area contributed by atoms with Gasteiger partial charge in [-0.2, -0.15) is 10.1 Å². The van der Waals surface area contributed by atoms with Crippen LogP contribution in [0.15, 0.2) is 35.1 Å². The first-order chi connectivity index (χ1) is 10.3. The molecule has 0 saturated carbocycles. The van der Waals surface area contributed by atoms with Crippen molar-refractivity contribution in [3.63, 3.8) is 0 Å². The van der Waals surface area contributed by atoms with E-state index in [0.29, 0.717) is 11.7 Å². The average molecular weight is 281 g/mol. The third kappa shape index (κ3) is 2.23. The van der Waals surface area contributed by atoms with Crippen molar-refractivity contribution in [2.24, 2.45) is 7.05 Å². The molecule has 0 atom stereocenters. The van der Waals surface area contributed by atoms with Crippen molar-refractivity contribution < 1.29 is 4.52 Å². The van der Waals surface area contributed by atoms with Crippen molar-refractivity contribution in [1.29, 1.82) is 0 Å². The maximum absolute atomic E-state index is 5.39. The summed E-state index contributed by atoms with van der Waals surface area (Å²) in [7, 11) is 1.86. The van der Waals surface area contributed by atoms with Crippen LogP contribution in [0.2, 0.25) is 0 Å². The number of nitrogens with one attached hydrogen (secondary N) is 1. The van der Waals surface area contributed by atoms with Gasteiger partial charge in [0.15, 0.2) is 0 Å². The van der Waals surface area contributed by atoms with Crippen molar-refractivity contribution >= 4 is 0 Å². The van der Waals surface area contributed by atoms with Crippen LogP contribution in [0.1, 0.15) is 11.1 Å². The van der Waals surface area contributed by atoms with Crippen LogP contribution in [0, 0.1) is 0 Å². The fourth-order valence-electron chi connectivity index (χ4n) is 2.61. The zero-order valence-corrected chi connectivity index (χ0v) is 11.7. The molecule has 6 nitrogen and oxygen atoms in total. The first kappa shape index (κ1) is 12.3. The molecule has 0 saturated heterocycles. The van der Waals surface area contributed by atoms with Crippen molar-refractivity contribution in [3.05, 3.63) is 41.7 Å². The molecule has 21 heavy (non-hydrogen) atoms. The summed E-state index contributed by atoms with van der Waals surface area (Å²) in [6, 6.07) is 6.33. The van der Waals surface area contributed by atoms with E-state index in [-0.39, 0.29) is 0 Å². The Balaban J connectivity index is 1.69. The lowest BCUT2D eigenvalue weighted by atomic mass is 9.98. The summed E-state index contributed by atoms with van der Waals surface area (Å²) in [5.74, 6) is 1.11. The normalized spacial score (nSPS) is 14.1. The lowest BCUT2D eigenvalue weighted by molar-refractivity contribution is 0.432. The second-order valence-electron chi connectivity index (χ2n) is 5.24. The second kappa shape index (κ2) is 4.82. The summed E-state index contributed by atoms with van der Waals surface area (Å²) in [6.07, 6.45) is 4.66. The molecular formula is C15H15N5O. The Kier molecular flexibility index (Phi) is 2.82. The number of rotatable bonds is 2. The zero-order chi connectivity index (χ0) is 14.2. The van der Waals surface area contributed by atoms with Gasteiger partial charge in [-0.25, -0.2) is 0 Å². The van der Waals surface area contributed by atoms with Crippen molar-refractivity contribution in [2.75, 3.05) is 6.54 Å². The molecule has 1 N–H and O–H groups in total. The van der Waals surface area contributed by atoms with Crippen LogP contribution in [0.5, 0.6) is 0 Å². The van der Waals surface area contributed by atoms with E-state index in [1.165, 1.54) is 11.1 Å². The molecule has 0 radical (unpaired) electrons. The molecule has 3 aromatic rings. The molecule has 1 aliphatic heterocycles. The zero-order valence-electron chi connectivity index (χ0n) is 11.7. The van der Waals surface area contributed by atoms with Crippen LogP contribution in [-0.4, -0.2) is 26.5 Å². The Morgan fingerprint density at radius 3 is 3.05 bits per heavy atom. The predicted molar refractivity (Wildman–Crippen MR) is 77.3 cm³/mol. The van der Waals surface area contributed by atoms with Gasteiger partial charge >= 0.3 is 0 Å². The van der Waals surface area contributed by atoms with Gasteiger partial charge in [-0.05, 0) is 36.2 Å². The molecule has 3 heterocycles. The highest BCUT2D eigenvalue weighted by Crippen LogP contribution is 2.25. The van der Waals surface area contributed by atoms with Gasteiger partial charge in [0.1, 0.15) is 0 Å². The highest BCUT2D eigenvalue weighted by molar-refractivity contribution is 5.60. The van der Waals surface area contributed by atoms with E-state index < -0.39 is 0 Å². The van der Waals surface area contributed by atoms with Gasteiger partial charge in [0.2, 0.25) is 5.82 Å². The third-order valence-electron chi connectivity index (χ3n) is 3.73. The Hall–Kier alpha value is -2.47. The third-order valence-corrected chi connectivity index (χ3v) is 3.73. The second-order valence-corrected chi connectivity index (χ2v) is 5.24. The molecule has 6 heteroatoms. The summed E-state index contributed by atoms with van der Waals surface area (Å²) >= 11 is 0. The lowest BCUT2D eigenvalue weighted by Crippen LogP contribution is -2.23. The molecule has 0 fully saturated rings. The molecule has 2 aromatic heterocycles. The molecule has 0 aliphatic carbocycles. The summed E-state index contributed by atoms with van der Waals surface area (Å²) in [5, 5.41) is 11.5. The number of hydrogen-bond donors (Lipinski definition) is 1. The smallest absolute Gasteiger partial charge is 0.258 e. The van der Waals surface area contributed by atoms with E-state index in [4.69, 9.17) is 4.52 Å². The van der Waals surface area contributed by atoms with Crippen LogP contribution in [0.25, 0.3) is 22.8 Å². The van der Waals surface area contributed by atoms with Crippen LogP contribution in [0.4, 0.5) is 0 Å². The van der Waals surface area contributed by atoms with Crippen molar-refractivity contribution in [1.82, 2.24) is 25.2 Å². The molecule has 0 spiro atoms. The minimum absolute atomic E-state index is 0.544. The van der Waals surface area contributed by atoms with E-state index in [2.05, 4.69) is 32.7 Å². The topological polar surface area (TPSA) is 68.8 Å². The first-order valence-corrected chi connectivity index (χ1v) is 6.95. The molecular weight excluding hydrogens is 266 g/mol. The van der Waals surface area contributed by atoms with E-state index in [0.717, 1.165) is 30.6 Å². The first-order valence-electron chi connectivity index (χ1n) is 6.95. The average Bonchev–Trinajstić information content (AvgIpc) is 3.15.